The van der Waals surface area contributed by atoms with Crippen molar-refractivity contribution in [2.45, 2.75) is 56.5 Å². The number of sulfonamides is 1. The highest BCUT2D eigenvalue weighted by molar-refractivity contribution is 7.89. The average Bonchev–Trinajstić information content (AvgIpc) is 3.10. The molecule has 1 aromatic carbocycles. The Balaban J connectivity index is 1.56. The van der Waals surface area contributed by atoms with Crippen LogP contribution in [0.5, 0.6) is 0 Å². The molecule has 0 bridgehead atoms. The van der Waals surface area contributed by atoms with E-state index in [4.69, 9.17) is 9.26 Å². The number of pyridine rings is 1. The molecular formula is C22H24N4O5S. The van der Waals surface area contributed by atoms with E-state index in [1.165, 1.54) is 0 Å². The standard InChI is InChI=1S/C22H24N4O5S/c1-11-19(12(2)31-24-11)16-8-18(32(28,29)25-13-5-3-4-6-13)15-7-17(23-14-9-30-10-14)22(27)26-20(15)21(16)26/h7-8,13-14,23,25H,3-6,9-10H2,1-2H3. The van der Waals surface area contributed by atoms with Crippen molar-refractivity contribution in [3.63, 3.8) is 0 Å². The second-order valence-corrected chi connectivity index (χ2v) is 10.6. The maximum absolute atomic E-state index is 13.5. The molecule has 10 heteroatoms. The number of fused-ring (bicyclic) bond motifs is 1. The molecular weight excluding hydrogens is 432 g/mol. The molecule has 1 aliphatic carbocycles. The average molecular weight is 457 g/mol. The number of nitrogens with zero attached hydrogens (tertiary/aromatic N) is 2. The summed E-state index contributed by atoms with van der Waals surface area (Å²) in [6, 6.07) is 3.32. The first-order valence-corrected chi connectivity index (χ1v) is 12.4. The van der Waals surface area contributed by atoms with Crippen LogP contribution in [0.3, 0.4) is 0 Å². The summed E-state index contributed by atoms with van der Waals surface area (Å²) in [4.78, 5) is 13.3. The van der Waals surface area contributed by atoms with E-state index in [9.17, 15) is 13.2 Å². The number of hydrogen-bond donors (Lipinski definition) is 2. The van der Waals surface area contributed by atoms with Crippen molar-refractivity contribution in [3.8, 4) is 16.8 Å². The van der Waals surface area contributed by atoms with Gasteiger partial charge in [0.05, 0.1) is 41.0 Å². The summed E-state index contributed by atoms with van der Waals surface area (Å²) >= 11 is 0. The zero-order valence-corrected chi connectivity index (χ0v) is 18.7. The maximum Gasteiger partial charge on any atom is 0.279 e. The van der Waals surface area contributed by atoms with Crippen molar-refractivity contribution in [2.24, 2.45) is 0 Å². The molecule has 2 aliphatic heterocycles. The van der Waals surface area contributed by atoms with E-state index < -0.39 is 10.0 Å². The topological polar surface area (TPSA) is 115 Å². The lowest BCUT2D eigenvalue weighted by Crippen LogP contribution is -2.41. The Kier molecular flexibility index (Phi) is 4.30. The molecule has 1 saturated heterocycles. The summed E-state index contributed by atoms with van der Waals surface area (Å²) in [5.74, 6) is 0.584. The Labute approximate surface area is 184 Å². The fourth-order valence-corrected chi connectivity index (χ4v) is 6.49. The number of benzene rings is 1. The molecule has 0 amide bonds. The van der Waals surface area contributed by atoms with Crippen LogP contribution in [0.1, 0.15) is 37.1 Å². The maximum atomic E-state index is 13.5. The molecule has 32 heavy (non-hydrogen) atoms. The number of rotatable bonds is 6. The van der Waals surface area contributed by atoms with Crippen LogP contribution in [0.25, 0.3) is 27.7 Å². The number of aryl methyl sites for hydroxylation is 2. The number of nitrogens with one attached hydrogen (secondary N) is 2. The van der Waals surface area contributed by atoms with E-state index in [1.54, 1.807) is 23.6 Å². The van der Waals surface area contributed by atoms with Gasteiger partial charge in [-0.15, -0.1) is 0 Å². The Morgan fingerprint density at radius 1 is 1.12 bits per heavy atom. The summed E-state index contributed by atoms with van der Waals surface area (Å²) in [5.41, 5.74) is 3.60. The Hall–Kier alpha value is -2.69. The largest absolute Gasteiger partial charge is 0.377 e. The zero-order chi connectivity index (χ0) is 22.2. The van der Waals surface area contributed by atoms with Crippen molar-refractivity contribution in [3.05, 3.63) is 33.9 Å². The van der Waals surface area contributed by atoms with Crippen LogP contribution in [0, 0.1) is 13.8 Å². The van der Waals surface area contributed by atoms with Crippen LogP contribution in [0.4, 0.5) is 5.69 Å². The molecule has 9 nitrogen and oxygen atoms in total. The highest BCUT2D eigenvalue weighted by atomic mass is 32.2. The Morgan fingerprint density at radius 2 is 1.88 bits per heavy atom. The van der Waals surface area contributed by atoms with Crippen molar-refractivity contribution in [1.82, 2.24) is 14.4 Å². The van der Waals surface area contributed by atoms with Gasteiger partial charge in [0, 0.05) is 22.6 Å². The van der Waals surface area contributed by atoms with E-state index in [2.05, 4.69) is 15.2 Å². The molecule has 2 fully saturated rings. The predicted octanol–water partition coefficient (Wildman–Crippen LogP) is 2.61. The lowest BCUT2D eigenvalue weighted by Gasteiger charge is -2.27. The van der Waals surface area contributed by atoms with Gasteiger partial charge in [0.2, 0.25) is 10.0 Å². The first kappa shape index (κ1) is 20.0. The number of ether oxygens (including phenoxy) is 1. The quantitative estimate of drug-likeness (QED) is 0.458. The molecule has 168 valence electrons. The van der Waals surface area contributed by atoms with Crippen molar-refractivity contribution < 1.29 is 17.7 Å². The third-order valence-electron chi connectivity index (χ3n) is 6.66. The predicted molar refractivity (Wildman–Crippen MR) is 119 cm³/mol. The Morgan fingerprint density at radius 3 is 2.50 bits per heavy atom. The summed E-state index contributed by atoms with van der Waals surface area (Å²) in [6.07, 6.45) is 3.72. The van der Waals surface area contributed by atoms with Crippen molar-refractivity contribution >= 4 is 26.6 Å². The van der Waals surface area contributed by atoms with E-state index in [-0.39, 0.29) is 22.5 Å². The van der Waals surface area contributed by atoms with Gasteiger partial charge >= 0.3 is 0 Å². The fourth-order valence-electron chi connectivity index (χ4n) is 4.97. The van der Waals surface area contributed by atoms with E-state index >= 15 is 0 Å². The first-order valence-electron chi connectivity index (χ1n) is 10.9. The summed E-state index contributed by atoms with van der Waals surface area (Å²) in [5, 5.41) is 7.78. The molecule has 4 heterocycles. The van der Waals surface area contributed by atoms with Gasteiger partial charge in [-0.3, -0.25) is 9.36 Å². The molecule has 0 atom stereocenters. The number of aromatic nitrogens is 2. The van der Waals surface area contributed by atoms with Gasteiger partial charge in [-0.05, 0) is 38.8 Å². The minimum atomic E-state index is -3.80. The van der Waals surface area contributed by atoms with Crippen LogP contribution in [-0.4, -0.2) is 43.4 Å². The van der Waals surface area contributed by atoms with Crippen molar-refractivity contribution in [2.75, 3.05) is 18.5 Å². The van der Waals surface area contributed by atoms with Gasteiger partial charge in [0.1, 0.15) is 11.4 Å². The lowest BCUT2D eigenvalue weighted by atomic mass is 10.0. The molecule has 2 aromatic heterocycles. The smallest absolute Gasteiger partial charge is 0.279 e. The first-order chi connectivity index (χ1) is 15.3. The lowest BCUT2D eigenvalue weighted by molar-refractivity contribution is 0.0210. The zero-order valence-electron chi connectivity index (χ0n) is 17.9. The van der Waals surface area contributed by atoms with E-state index in [1.807, 2.05) is 6.92 Å². The third kappa shape index (κ3) is 2.93. The third-order valence-corrected chi connectivity index (χ3v) is 8.22. The summed E-state index contributed by atoms with van der Waals surface area (Å²) < 4.78 is 42.1. The SMILES string of the molecule is Cc1noc(C)c1-c1cc(S(=O)(=O)NC2CCCC2)c2cc(NC3COC3)c(=O)n3c2c1-3. The molecule has 3 aromatic rings. The summed E-state index contributed by atoms with van der Waals surface area (Å²) in [7, 11) is -3.80. The minimum Gasteiger partial charge on any atom is -0.377 e. The van der Waals surface area contributed by atoms with Gasteiger partial charge < -0.3 is 14.6 Å². The van der Waals surface area contributed by atoms with E-state index in [0.717, 1.165) is 36.9 Å². The molecule has 2 N–H and O–H groups in total. The molecule has 6 rings (SSSR count). The van der Waals surface area contributed by atoms with Gasteiger partial charge in [0.15, 0.2) is 0 Å². The monoisotopic (exact) mass is 456 g/mol. The van der Waals surface area contributed by atoms with Crippen LogP contribution in [0.15, 0.2) is 26.3 Å². The van der Waals surface area contributed by atoms with E-state index in [0.29, 0.717) is 46.8 Å². The van der Waals surface area contributed by atoms with Crippen LogP contribution in [-0.2, 0) is 14.8 Å². The second-order valence-electron chi connectivity index (χ2n) is 8.91. The van der Waals surface area contributed by atoms with Gasteiger partial charge in [0.25, 0.3) is 5.56 Å². The molecule has 0 radical (unpaired) electrons. The van der Waals surface area contributed by atoms with Crippen LogP contribution < -0.4 is 15.6 Å². The van der Waals surface area contributed by atoms with Crippen LogP contribution in [0.2, 0.25) is 0 Å². The second kappa shape index (κ2) is 6.90. The van der Waals surface area contributed by atoms with Crippen LogP contribution >= 0.6 is 0 Å². The number of anilines is 1. The molecule has 0 unspecified atom stereocenters. The van der Waals surface area contributed by atoms with Gasteiger partial charge in [-0.1, -0.05) is 18.0 Å². The normalized spacial score (nSPS) is 18.3. The number of hydrogen-bond acceptors (Lipinski definition) is 7. The molecule has 0 spiro atoms. The fraction of sp³-hybridized carbons (Fsp3) is 0.455. The molecule has 3 aliphatic rings. The van der Waals surface area contributed by atoms with Crippen molar-refractivity contribution in [1.29, 1.82) is 0 Å². The van der Waals surface area contributed by atoms with Gasteiger partial charge in [-0.2, -0.15) is 0 Å². The highest BCUT2D eigenvalue weighted by Gasteiger charge is 2.37. The Bertz CT molecular complexity index is 1410. The summed E-state index contributed by atoms with van der Waals surface area (Å²) in [6.45, 7) is 4.64. The van der Waals surface area contributed by atoms with Gasteiger partial charge in [-0.25, -0.2) is 13.1 Å². The highest BCUT2D eigenvalue weighted by Crippen LogP contribution is 2.47. The minimum absolute atomic E-state index is 0.0452. The molecule has 1 saturated carbocycles.